The number of carbonyl (C=O) groups is 2. The largest absolute Gasteiger partial charge is 0.472 e. The highest BCUT2D eigenvalue weighted by Crippen LogP contribution is 2.29. The Morgan fingerprint density at radius 3 is 2.66 bits per heavy atom. The minimum Gasteiger partial charge on any atom is -0.472 e. The van der Waals surface area contributed by atoms with Crippen LogP contribution in [0, 0.1) is 29.6 Å². The fourth-order valence-electron chi connectivity index (χ4n) is 4.77. The summed E-state index contributed by atoms with van der Waals surface area (Å²) in [5, 5.41) is 9.84. The van der Waals surface area contributed by atoms with Gasteiger partial charge in [0.05, 0.1) is 19.2 Å². The quantitative estimate of drug-likeness (QED) is 0.624. The van der Waals surface area contributed by atoms with Crippen LogP contribution < -0.4 is 4.74 Å². The highest BCUT2D eigenvalue weighted by molar-refractivity contribution is 5.97. The number of amides is 2. The predicted octanol–water partition coefficient (Wildman–Crippen LogP) is 3.74. The first-order chi connectivity index (χ1) is 16.7. The number of hydrogen-bond acceptors (Lipinski definition) is 5. The highest BCUT2D eigenvalue weighted by Gasteiger charge is 2.35. The van der Waals surface area contributed by atoms with Gasteiger partial charge >= 0.3 is 0 Å². The van der Waals surface area contributed by atoms with Crippen molar-refractivity contribution in [3.05, 3.63) is 23.4 Å². The zero-order chi connectivity index (χ0) is 25.5. The van der Waals surface area contributed by atoms with E-state index in [1.807, 2.05) is 20.9 Å². The number of ether oxygens (including phenoxy) is 1. The normalized spacial score (nSPS) is 21.8. The lowest BCUT2D eigenvalue weighted by molar-refractivity contribution is -0.136. The molecule has 35 heavy (non-hydrogen) atoms. The van der Waals surface area contributed by atoms with Gasteiger partial charge in [-0.1, -0.05) is 51.9 Å². The van der Waals surface area contributed by atoms with Gasteiger partial charge in [0.1, 0.15) is 11.7 Å². The minimum absolute atomic E-state index is 0.0602. The third-order valence-electron chi connectivity index (χ3n) is 7.05. The van der Waals surface area contributed by atoms with Crippen LogP contribution >= 0.6 is 0 Å². The summed E-state index contributed by atoms with van der Waals surface area (Å²) in [6, 6.07) is 1.38. The van der Waals surface area contributed by atoms with Crippen LogP contribution in [-0.4, -0.2) is 70.6 Å². The molecule has 0 saturated heterocycles. The minimum atomic E-state index is -0.353. The Labute approximate surface area is 210 Å². The molecule has 7 nitrogen and oxygen atoms in total. The van der Waals surface area contributed by atoms with Crippen LogP contribution in [0.2, 0.25) is 0 Å². The fourth-order valence-corrected chi connectivity index (χ4v) is 4.77. The van der Waals surface area contributed by atoms with Crippen LogP contribution in [0.1, 0.15) is 82.1 Å². The Morgan fingerprint density at radius 1 is 1.29 bits per heavy atom. The molecule has 0 spiro atoms. The first-order valence-electron chi connectivity index (χ1n) is 13.0. The number of aromatic nitrogens is 1. The topological polar surface area (TPSA) is 83.0 Å². The molecule has 1 N–H and O–H groups in total. The van der Waals surface area contributed by atoms with Crippen molar-refractivity contribution in [3.63, 3.8) is 0 Å². The second kappa shape index (κ2) is 12.4. The number of hydrogen-bond donors (Lipinski definition) is 1. The summed E-state index contributed by atoms with van der Waals surface area (Å²) in [4.78, 5) is 34.5. The molecule has 2 amide bonds. The van der Waals surface area contributed by atoms with Gasteiger partial charge in [-0.05, 0) is 31.7 Å². The lowest BCUT2D eigenvalue weighted by atomic mass is 9.88. The Balaban J connectivity index is 1.88. The van der Waals surface area contributed by atoms with E-state index in [0.717, 1.165) is 32.1 Å². The molecule has 0 aromatic carbocycles. The maximum absolute atomic E-state index is 13.5. The van der Waals surface area contributed by atoms with Crippen LogP contribution in [0.25, 0.3) is 0 Å². The number of carbonyl (C=O) groups excluding carboxylic acids is 2. The molecule has 3 rings (SSSR count). The molecular formula is C28H41N3O4. The standard InChI is InChI=1S/C28H41N3O4/c1-19(2)10-9-11-22-14-24-26(29-15-22)35-25(20(3)16-31(28(24)34)21(4)18-32)17-30(5)27(33)23-12-7-6-8-13-23/h14-15,19-21,23,25,32H,6-8,10,12-13,16-18H2,1-5H3/t20-,21+,25+/m1/s1. The molecule has 192 valence electrons. The number of aliphatic hydroxyl groups excluding tert-OH is 1. The first-order valence-corrected chi connectivity index (χ1v) is 13.0. The van der Waals surface area contributed by atoms with E-state index in [2.05, 4.69) is 30.7 Å². The van der Waals surface area contributed by atoms with Gasteiger partial charge in [-0.25, -0.2) is 4.98 Å². The zero-order valence-electron chi connectivity index (χ0n) is 21.9. The molecule has 1 saturated carbocycles. The SMILES string of the molecule is CC(C)CC#Cc1cnc2c(c1)C(=O)N([C@@H](C)CO)C[C@@H](C)[C@H](CN(C)C(=O)C1CCCCC1)O2. The Morgan fingerprint density at radius 2 is 2.00 bits per heavy atom. The monoisotopic (exact) mass is 483 g/mol. The molecule has 1 aromatic heterocycles. The molecular weight excluding hydrogens is 442 g/mol. The Kier molecular flexibility index (Phi) is 9.56. The van der Waals surface area contributed by atoms with E-state index >= 15 is 0 Å². The number of nitrogens with zero attached hydrogens (tertiary/aromatic N) is 3. The number of aliphatic hydroxyl groups is 1. The third kappa shape index (κ3) is 6.98. The van der Waals surface area contributed by atoms with Crippen LogP contribution in [-0.2, 0) is 4.79 Å². The van der Waals surface area contributed by atoms with Crippen LogP contribution in [0.15, 0.2) is 12.3 Å². The number of rotatable bonds is 6. The van der Waals surface area contributed by atoms with Crippen molar-refractivity contribution in [1.82, 2.24) is 14.8 Å². The van der Waals surface area contributed by atoms with Crippen molar-refractivity contribution in [3.8, 4) is 17.7 Å². The van der Waals surface area contributed by atoms with E-state index in [1.165, 1.54) is 6.42 Å². The summed E-state index contributed by atoms with van der Waals surface area (Å²) in [5.74, 6) is 6.93. The molecule has 0 unspecified atom stereocenters. The maximum atomic E-state index is 13.5. The number of pyridine rings is 1. The van der Waals surface area contributed by atoms with Gasteiger partial charge < -0.3 is 19.6 Å². The molecule has 0 radical (unpaired) electrons. The van der Waals surface area contributed by atoms with Crippen molar-refractivity contribution >= 4 is 11.8 Å². The fraction of sp³-hybridized carbons (Fsp3) is 0.679. The van der Waals surface area contributed by atoms with Gasteiger partial charge in [-0.3, -0.25) is 9.59 Å². The molecule has 7 heteroatoms. The second-order valence-electron chi connectivity index (χ2n) is 10.7. The molecule has 1 aliphatic carbocycles. The lowest BCUT2D eigenvalue weighted by Gasteiger charge is -2.38. The van der Waals surface area contributed by atoms with Gasteiger partial charge in [0, 0.05) is 43.6 Å². The Hall–Kier alpha value is -2.59. The first kappa shape index (κ1) is 27.0. The van der Waals surface area contributed by atoms with E-state index in [-0.39, 0.29) is 48.3 Å². The zero-order valence-corrected chi connectivity index (χ0v) is 21.9. The lowest BCUT2D eigenvalue weighted by Crippen LogP contribution is -2.51. The molecule has 2 heterocycles. The summed E-state index contributed by atoms with van der Waals surface area (Å²) in [5.41, 5.74) is 1.01. The van der Waals surface area contributed by atoms with E-state index in [0.29, 0.717) is 30.1 Å². The number of fused-ring (bicyclic) bond motifs is 1. The second-order valence-corrected chi connectivity index (χ2v) is 10.7. The van der Waals surface area contributed by atoms with Gasteiger partial charge in [0.2, 0.25) is 11.8 Å². The van der Waals surface area contributed by atoms with Crippen molar-refractivity contribution < 1.29 is 19.4 Å². The summed E-state index contributed by atoms with van der Waals surface area (Å²) in [6.07, 6.45) is 7.38. The molecule has 1 aliphatic heterocycles. The van der Waals surface area contributed by atoms with Crippen LogP contribution in [0.5, 0.6) is 5.88 Å². The average molecular weight is 484 g/mol. The molecule has 0 bridgehead atoms. The van der Waals surface area contributed by atoms with Crippen molar-refractivity contribution in [2.24, 2.45) is 17.8 Å². The van der Waals surface area contributed by atoms with Crippen molar-refractivity contribution in [2.75, 3.05) is 26.7 Å². The summed E-state index contributed by atoms with van der Waals surface area (Å²) in [7, 11) is 1.84. The molecule has 1 fully saturated rings. The highest BCUT2D eigenvalue weighted by atomic mass is 16.5. The summed E-state index contributed by atoms with van der Waals surface area (Å²) in [6.45, 7) is 8.76. The van der Waals surface area contributed by atoms with Crippen LogP contribution in [0.4, 0.5) is 0 Å². The van der Waals surface area contributed by atoms with Gasteiger partial charge in [-0.15, -0.1) is 0 Å². The van der Waals surface area contributed by atoms with Crippen molar-refractivity contribution in [2.45, 2.75) is 78.4 Å². The van der Waals surface area contributed by atoms with E-state index in [9.17, 15) is 14.7 Å². The van der Waals surface area contributed by atoms with Gasteiger partial charge in [0.25, 0.3) is 5.91 Å². The van der Waals surface area contributed by atoms with E-state index in [4.69, 9.17) is 4.74 Å². The molecule has 2 aliphatic rings. The van der Waals surface area contributed by atoms with Gasteiger partial charge in [0.15, 0.2) is 0 Å². The van der Waals surface area contributed by atoms with E-state index < -0.39 is 0 Å². The van der Waals surface area contributed by atoms with Crippen LogP contribution in [0.3, 0.4) is 0 Å². The predicted molar refractivity (Wildman–Crippen MR) is 136 cm³/mol. The maximum Gasteiger partial charge on any atom is 0.259 e. The van der Waals surface area contributed by atoms with Gasteiger partial charge in [-0.2, -0.15) is 0 Å². The van der Waals surface area contributed by atoms with Crippen molar-refractivity contribution in [1.29, 1.82) is 0 Å². The number of likely N-dealkylation sites (N-methyl/N-ethyl adjacent to an activating group) is 1. The third-order valence-corrected chi connectivity index (χ3v) is 7.05. The molecule has 3 atom stereocenters. The summed E-state index contributed by atoms with van der Waals surface area (Å²) >= 11 is 0. The molecule has 1 aromatic rings. The smallest absolute Gasteiger partial charge is 0.259 e. The van der Waals surface area contributed by atoms with E-state index in [1.54, 1.807) is 22.1 Å². The average Bonchev–Trinajstić information content (AvgIpc) is 2.85. The Bertz CT molecular complexity index is 945. The summed E-state index contributed by atoms with van der Waals surface area (Å²) < 4.78 is 6.32.